The molecule has 0 aliphatic heterocycles. The van der Waals surface area contributed by atoms with Gasteiger partial charge in [-0.05, 0) is 29.3 Å². The maximum absolute atomic E-state index is 13.4. The smallest absolute Gasteiger partial charge is 0.260 e. The first-order chi connectivity index (χ1) is 15.7. The van der Waals surface area contributed by atoms with Gasteiger partial charge in [0.2, 0.25) is 0 Å². The van der Waals surface area contributed by atoms with Crippen molar-refractivity contribution in [3.8, 4) is 0 Å². The molecule has 0 saturated carbocycles. The van der Waals surface area contributed by atoms with Crippen molar-refractivity contribution in [3.63, 3.8) is 0 Å². The van der Waals surface area contributed by atoms with Crippen LogP contribution in [-0.2, 0) is 11.5 Å². The maximum atomic E-state index is 13.4. The summed E-state index contributed by atoms with van der Waals surface area (Å²) in [6, 6.07) is 31.9. The van der Waals surface area contributed by atoms with Gasteiger partial charge in [0.25, 0.3) is 5.91 Å². The highest BCUT2D eigenvalue weighted by Gasteiger charge is 2.20. The van der Waals surface area contributed by atoms with Gasteiger partial charge in [-0.1, -0.05) is 102 Å². The predicted octanol–water partition coefficient (Wildman–Crippen LogP) is 6.34. The van der Waals surface area contributed by atoms with Gasteiger partial charge in [0.05, 0.1) is 5.56 Å². The lowest BCUT2D eigenvalue weighted by atomic mass is 10.2. The van der Waals surface area contributed by atoms with Crippen molar-refractivity contribution in [2.75, 3.05) is 11.9 Å². The zero-order valence-corrected chi connectivity index (χ0v) is 19.4. The number of hydrogen-bond acceptors (Lipinski definition) is 5. The molecule has 0 unspecified atom stereocenters. The van der Waals surface area contributed by atoms with Crippen LogP contribution >= 0.6 is 23.5 Å². The number of amides is 1. The summed E-state index contributed by atoms with van der Waals surface area (Å²) in [7, 11) is 1.79. The van der Waals surface area contributed by atoms with Gasteiger partial charge in [-0.3, -0.25) is 4.79 Å². The van der Waals surface area contributed by atoms with Crippen molar-refractivity contribution in [1.82, 2.24) is 10.2 Å². The molecule has 0 N–H and O–H groups in total. The van der Waals surface area contributed by atoms with Gasteiger partial charge >= 0.3 is 0 Å². The Labute approximate surface area is 197 Å². The Hall–Kier alpha value is -3.09. The second kappa shape index (κ2) is 11.0. The lowest BCUT2D eigenvalue weighted by Gasteiger charge is -2.19. The first-order valence-electron chi connectivity index (χ1n) is 10.2. The van der Waals surface area contributed by atoms with Gasteiger partial charge in [0.1, 0.15) is 10.1 Å². The summed E-state index contributed by atoms with van der Waals surface area (Å²) in [5.74, 6) is 1.40. The van der Waals surface area contributed by atoms with Crippen LogP contribution in [0.2, 0.25) is 0 Å². The van der Waals surface area contributed by atoms with Crippen LogP contribution < -0.4 is 4.90 Å². The van der Waals surface area contributed by atoms with Crippen molar-refractivity contribution in [1.29, 1.82) is 0 Å². The van der Waals surface area contributed by atoms with E-state index in [-0.39, 0.29) is 5.91 Å². The number of aromatic nitrogens is 2. The summed E-state index contributed by atoms with van der Waals surface area (Å²) in [6.45, 7) is 0. The molecule has 1 aromatic heterocycles. The molecule has 4 rings (SSSR count). The Morgan fingerprint density at radius 3 is 1.88 bits per heavy atom. The third-order valence-corrected chi connectivity index (χ3v) is 6.89. The van der Waals surface area contributed by atoms with Crippen LogP contribution in [0.15, 0.2) is 107 Å². The largest absolute Gasteiger partial charge is 0.311 e. The van der Waals surface area contributed by atoms with Crippen LogP contribution in [0.5, 0.6) is 0 Å². The van der Waals surface area contributed by atoms with Crippen molar-refractivity contribution in [2.24, 2.45) is 0 Å². The molecule has 0 fully saturated rings. The molecular formula is C26H23N3OS2. The number of hydrogen-bond donors (Lipinski definition) is 0. The van der Waals surface area contributed by atoms with Crippen LogP contribution in [-0.4, -0.2) is 23.2 Å². The predicted molar refractivity (Wildman–Crippen MR) is 133 cm³/mol. The second-order valence-corrected chi connectivity index (χ2v) is 9.11. The molecule has 1 heterocycles. The van der Waals surface area contributed by atoms with E-state index < -0.39 is 0 Å². The summed E-state index contributed by atoms with van der Waals surface area (Å²) in [6.07, 6.45) is 0. The fourth-order valence-electron chi connectivity index (χ4n) is 3.10. The summed E-state index contributed by atoms with van der Waals surface area (Å²) in [5.41, 5.74) is 3.79. The average Bonchev–Trinajstić information content (AvgIpc) is 2.87. The minimum Gasteiger partial charge on any atom is -0.311 e. The monoisotopic (exact) mass is 457 g/mol. The zero-order chi connectivity index (χ0) is 22.2. The molecule has 0 radical (unpaired) electrons. The molecular weight excluding hydrogens is 434 g/mol. The quantitative estimate of drug-likeness (QED) is 0.289. The Bertz CT molecular complexity index is 1160. The molecule has 160 valence electrons. The highest BCUT2D eigenvalue weighted by Crippen LogP contribution is 2.29. The molecule has 0 atom stereocenters. The molecule has 0 saturated heterocycles. The molecule has 32 heavy (non-hydrogen) atoms. The number of rotatable bonds is 8. The van der Waals surface area contributed by atoms with Gasteiger partial charge in [0, 0.05) is 24.2 Å². The fourth-order valence-corrected chi connectivity index (χ4v) is 4.80. The molecule has 0 aliphatic rings. The van der Waals surface area contributed by atoms with Crippen LogP contribution in [0.3, 0.4) is 0 Å². The number of anilines is 1. The molecule has 0 bridgehead atoms. The van der Waals surface area contributed by atoms with Crippen molar-refractivity contribution in [3.05, 3.63) is 114 Å². The first kappa shape index (κ1) is 22.1. The SMILES string of the molecule is CN(C(=O)c1cc(SCc2ccccc2)nnc1SCc1ccccc1)c1ccccc1. The van der Waals surface area contributed by atoms with Crippen LogP contribution in [0.1, 0.15) is 21.5 Å². The van der Waals surface area contributed by atoms with E-state index in [4.69, 9.17) is 0 Å². The molecule has 1 amide bonds. The third-order valence-electron chi connectivity index (χ3n) is 4.86. The van der Waals surface area contributed by atoms with E-state index in [0.29, 0.717) is 10.6 Å². The number of thioether (sulfide) groups is 2. The van der Waals surface area contributed by atoms with Crippen LogP contribution in [0.4, 0.5) is 5.69 Å². The molecule has 0 aliphatic carbocycles. The minimum atomic E-state index is -0.0942. The number of carbonyl (C=O) groups is 1. The van der Waals surface area contributed by atoms with E-state index in [1.165, 1.54) is 22.9 Å². The number of carbonyl (C=O) groups excluding carboxylic acids is 1. The summed E-state index contributed by atoms with van der Waals surface area (Å²) in [5, 5.41) is 10.2. The molecule has 0 spiro atoms. The fraction of sp³-hybridized carbons (Fsp3) is 0.115. The second-order valence-electron chi connectivity index (χ2n) is 7.15. The first-order valence-corrected chi connectivity index (χ1v) is 12.2. The Morgan fingerprint density at radius 2 is 1.28 bits per heavy atom. The van der Waals surface area contributed by atoms with E-state index >= 15 is 0 Å². The van der Waals surface area contributed by atoms with Gasteiger partial charge in [-0.2, -0.15) is 0 Å². The van der Waals surface area contributed by atoms with Crippen LogP contribution in [0.25, 0.3) is 0 Å². The van der Waals surface area contributed by atoms with Gasteiger partial charge in [0.15, 0.2) is 0 Å². The average molecular weight is 458 g/mol. The van der Waals surface area contributed by atoms with Crippen molar-refractivity contribution >= 4 is 35.1 Å². The normalized spacial score (nSPS) is 10.7. The van der Waals surface area contributed by atoms with Crippen molar-refractivity contribution < 1.29 is 4.79 Å². The Morgan fingerprint density at radius 1 is 0.750 bits per heavy atom. The van der Waals surface area contributed by atoms with E-state index in [1.54, 1.807) is 23.7 Å². The topological polar surface area (TPSA) is 46.1 Å². The maximum Gasteiger partial charge on any atom is 0.260 e. The lowest BCUT2D eigenvalue weighted by Crippen LogP contribution is -2.27. The number of nitrogens with zero attached hydrogens (tertiary/aromatic N) is 3. The van der Waals surface area contributed by atoms with E-state index in [0.717, 1.165) is 22.2 Å². The highest BCUT2D eigenvalue weighted by molar-refractivity contribution is 7.98. The van der Waals surface area contributed by atoms with Gasteiger partial charge < -0.3 is 4.90 Å². The number of para-hydroxylation sites is 1. The van der Waals surface area contributed by atoms with Crippen LogP contribution in [0, 0.1) is 0 Å². The summed E-state index contributed by atoms with van der Waals surface area (Å²) >= 11 is 3.12. The van der Waals surface area contributed by atoms with Gasteiger partial charge in [-0.15, -0.1) is 10.2 Å². The Balaban J connectivity index is 1.58. The van der Waals surface area contributed by atoms with E-state index in [9.17, 15) is 4.79 Å². The van der Waals surface area contributed by atoms with E-state index in [2.05, 4.69) is 34.5 Å². The number of benzene rings is 3. The third kappa shape index (κ3) is 5.78. The summed E-state index contributed by atoms with van der Waals surface area (Å²) < 4.78 is 0. The molecule has 4 aromatic rings. The van der Waals surface area contributed by atoms with Crippen molar-refractivity contribution in [2.45, 2.75) is 21.6 Å². The standard InChI is InChI=1S/C26H23N3OS2/c1-29(22-15-9-4-10-16-22)26(30)23-17-24(31-18-20-11-5-2-6-12-20)27-28-25(23)32-19-21-13-7-3-8-14-21/h2-17H,18-19H2,1H3. The summed E-state index contributed by atoms with van der Waals surface area (Å²) in [4.78, 5) is 15.1. The zero-order valence-electron chi connectivity index (χ0n) is 17.7. The molecule has 3 aromatic carbocycles. The van der Waals surface area contributed by atoms with Gasteiger partial charge in [-0.25, -0.2) is 0 Å². The Kier molecular flexibility index (Phi) is 7.59. The minimum absolute atomic E-state index is 0.0942. The molecule has 6 heteroatoms. The van der Waals surface area contributed by atoms with E-state index in [1.807, 2.05) is 72.8 Å². The lowest BCUT2D eigenvalue weighted by molar-refractivity contribution is 0.0989. The highest BCUT2D eigenvalue weighted by atomic mass is 32.2. The molecule has 4 nitrogen and oxygen atoms in total.